The highest BCUT2D eigenvalue weighted by Crippen LogP contribution is 2.37. The van der Waals surface area contributed by atoms with Crippen LogP contribution >= 0.6 is 15.9 Å². The summed E-state index contributed by atoms with van der Waals surface area (Å²) in [6.45, 7) is 5.48. The summed E-state index contributed by atoms with van der Waals surface area (Å²) < 4.78 is 12.1. The van der Waals surface area contributed by atoms with Gasteiger partial charge in [0.2, 0.25) is 0 Å². The normalized spacial score (nSPS) is 10.0. The lowest BCUT2D eigenvalue weighted by Crippen LogP contribution is -2.04. The Morgan fingerprint density at radius 2 is 1.91 bits per heavy atom. The molecule has 0 atom stereocenters. The Balaban J connectivity index is 2.15. The molecule has 2 rings (SSSR count). The molecule has 0 spiro atoms. The van der Waals surface area contributed by atoms with Gasteiger partial charge in [0, 0.05) is 12.2 Å². The number of benzene rings is 2. The molecule has 3 nitrogen and oxygen atoms in total. The van der Waals surface area contributed by atoms with Crippen LogP contribution < -0.4 is 14.8 Å². The fourth-order valence-electron chi connectivity index (χ4n) is 2.12. The fraction of sp³-hybridized carbons (Fsp3) is 0.263. The maximum absolute atomic E-state index is 5.67. The third-order valence-electron chi connectivity index (χ3n) is 3.22. The Morgan fingerprint density at radius 1 is 1.17 bits per heavy atom. The highest BCUT2D eigenvalue weighted by atomic mass is 79.9. The Bertz CT molecular complexity index is 690. The molecule has 0 heterocycles. The Kier molecular flexibility index (Phi) is 6.37. The molecular weight excluding hydrogens is 354 g/mol. The minimum absolute atomic E-state index is 0.208. The van der Waals surface area contributed by atoms with Gasteiger partial charge in [-0.1, -0.05) is 23.6 Å². The van der Waals surface area contributed by atoms with Gasteiger partial charge in [-0.3, -0.25) is 0 Å². The Hall–Kier alpha value is -2.12. The molecule has 0 unspecified atom stereocenters. The van der Waals surface area contributed by atoms with Gasteiger partial charge in [0.15, 0.2) is 11.5 Å². The second-order valence-electron chi connectivity index (χ2n) is 5.05. The minimum Gasteiger partial charge on any atom is -0.490 e. The van der Waals surface area contributed by atoms with Crippen LogP contribution in [0.3, 0.4) is 0 Å². The zero-order valence-corrected chi connectivity index (χ0v) is 14.9. The van der Waals surface area contributed by atoms with Crippen molar-refractivity contribution < 1.29 is 9.47 Å². The lowest BCUT2D eigenvalue weighted by Gasteiger charge is -2.15. The Labute approximate surface area is 146 Å². The molecule has 0 saturated carbocycles. The molecule has 2 aromatic carbocycles. The molecule has 0 aliphatic carbocycles. The van der Waals surface area contributed by atoms with Crippen molar-refractivity contribution in [1.29, 1.82) is 0 Å². The van der Waals surface area contributed by atoms with Gasteiger partial charge in [-0.2, -0.15) is 0 Å². The molecule has 1 N–H and O–H groups in total. The van der Waals surface area contributed by atoms with Crippen LogP contribution in [0, 0.1) is 19.3 Å². The summed E-state index contributed by atoms with van der Waals surface area (Å²) in [5.41, 5.74) is 3.42. The standard InChI is InChI=1S/C19H20BrNO2/c1-4-10-23-19-17(20)11-15(12-18(19)22-5-2)13-21-16-8-6-14(3)7-9-16/h1,6-9,11-12,21H,5,10,13H2,2-3H3. The van der Waals surface area contributed by atoms with Crippen LogP contribution in [0.1, 0.15) is 18.1 Å². The van der Waals surface area contributed by atoms with Crippen molar-refractivity contribution in [3.8, 4) is 23.8 Å². The van der Waals surface area contributed by atoms with Crippen molar-refractivity contribution in [2.45, 2.75) is 20.4 Å². The van der Waals surface area contributed by atoms with E-state index in [4.69, 9.17) is 15.9 Å². The Morgan fingerprint density at radius 3 is 2.57 bits per heavy atom. The molecule has 120 valence electrons. The van der Waals surface area contributed by atoms with E-state index in [1.165, 1.54) is 5.56 Å². The summed E-state index contributed by atoms with van der Waals surface area (Å²) in [4.78, 5) is 0. The molecule has 0 amide bonds. The summed E-state index contributed by atoms with van der Waals surface area (Å²) >= 11 is 3.53. The summed E-state index contributed by atoms with van der Waals surface area (Å²) in [6.07, 6.45) is 5.26. The predicted molar refractivity (Wildman–Crippen MR) is 98.1 cm³/mol. The lowest BCUT2D eigenvalue weighted by atomic mass is 10.2. The van der Waals surface area contributed by atoms with E-state index in [0.29, 0.717) is 24.7 Å². The average molecular weight is 374 g/mol. The molecule has 0 radical (unpaired) electrons. The smallest absolute Gasteiger partial charge is 0.176 e. The van der Waals surface area contributed by atoms with Gasteiger partial charge < -0.3 is 14.8 Å². The number of aryl methyl sites for hydroxylation is 1. The molecule has 0 aromatic heterocycles. The number of rotatable bonds is 7. The number of nitrogens with one attached hydrogen (secondary N) is 1. The first-order chi connectivity index (χ1) is 11.1. The third-order valence-corrected chi connectivity index (χ3v) is 3.81. The number of hydrogen-bond acceptors (Lipinski definition) is 3. The van der Waals surface area contributed by atoms with E-state index in [1.54, 1.807) is 0 Å². The molecular formula is C19H20BrNO2. The number of anilines is 1. The highest BCUT2D eigenvalue weighted by molar-refractivity contribution is 9.10. The van der Waals surface area contributed by atoms with Crippen molar-refractivity contribution in [1.82, 2.24) is 0 Å². The number of hydrogen-bond donors (Lipinski definition) is 1. The van der Waals surface area contributed by atoms with Crippen molar-refractivity contribution in [2.75, 3.05) is 18.5 Å². The maximum Gasteiger partial charge on any atom is 0.176 e. The van der Waals surface area contributed by atoms with Crippen molar-refractivity contribution in [3.63, 3.8) is 0 Å². The molecule has 0 saturated heterocycles. The topological polar surface area (TPSA) is 30.5 Å². The molecule has 0 aliphatic rings. The van der Waals surface area contributed by atoms with E-state index in [0.717, 1.165) is 15.7 Å². The summed E-state index contributed by atoms with van der Waals surface area (Å²) in [5.74, 6) is 3.80. The van der Waals surface area contributed by atoms with Gasteiger partial charge in [-0.15, -0.1) is 6.42 Å². The van der Waals surface area contributed by atoms with Crippen LogP contribution in [0.5, 0.6) is 11.5 Å². The third kappa shape index (κ3) is 4.94. The van der Waals surface area contributed by atoms with Crippen LogP contribution in [-0.2, 0) is 6.54 Å². The molecule has 0 bridgehead atoms. The van der Waals surface area contributed by atoms with E-state index in [1.807, 2.05) is 19.1 Å². The van der Waals surface area contributed by atoms with Crippen LogP contribution in [0.2, 0.25) is 0 Å². The van der Waals surface area contributed by atoms with E-state index < -0.39 is 0 Å². The summed E-state index contributed by atoms with van der Waals surface area (Å²) in [6, 6.07) is 12.3. The molecule has 2 aromatic rings. The first-order valence-electron chi connectivity index (χ1n) is 7.46. The molecule has 0 aliphatic heterocycles. The van der Waals surface area contributed by atoms with Gasteiger partial charge in [0.05, 0.1) is 11.1 Å². The van der Waals surface area contributed by atoms with E-state index >= 15 is 0 Å². The minimum atomic E-state index is 0.208. The van der Waals surface area contributed by atoms with Gasteiger partial charge in [-0.05, 0) is 59.6 Å². The molecule has 4 heteroatoms. The van der Waals surface area contributed by atoms with Crippen molar-refractivity contribution in [3.05, 3.63) is 52.0 Å². The second kappa shape index (κ2) is 8.50. The monoisotopic (exact) mass is 373 g/mol. The van der Waals surface area contributed by atoms with Gasteiger partial charge >= 0.3 is 0 Å². The van der Waals surface area contributed by atoms with Crippen LogP contribution in [-0.4, -0.2) is 13.2 Å². The first kappa shape index (κ1) is 17.2. The summed E-state index contributed by atoms with van der Waals surface area (Å²) in [7, 11) is 0. The van der Waals surface area contributed by atoms with Gasteiger partial charge in [0.25, 0.3) is 0 Å². The highest BCUT2D eigenvalue weighted by Gasteiger charge is 2.12. The SMILES string of the molecule is C#CCOc1c(Br)cc(CNc2ccc(C)cc2)cc1OCC. The van der Waals surface area contributed by atoms with E-state index in [2.05, 4.69) is 58.4 Å². The van der Waals surface area contributed by atoms with Crippen LogP contribution in [0.15, 0.2) is 40.9 Å². The number of terminal acetylenes is 1. The second-order valence-corrected chi connectivity index (χ2v) is 5.90. The van der Waals surface area contributed by atoms with Crippen LogP contribution in [0.4, 0.5) is 5.69 Å². The van der Waals surface area contributed by atoms with Gasteiger partial charge in [-0.25, -0.2) is 0 Å². The predicted octanol–water partition coefficient (Wildman–Crippen LogP) is 4.78. The first-order valence-corrected chi connectivity index (χ1v) is 8.25. The van der Waals surface area contributed by atoms with Crippen LogP contribution in [0.25, 0.3) is 0 Å². The quantitative estimate of drug-likeness (QED) is 0.708. The van der Waals surface area contributed by atoms with Crippen molar-refractivity contribution in [2.24, 2.45) is 0 Å². The fourth-order valence-corrected chi connectivity index (χ4v) is 2.72. The van der Waals surface area contributed by atoms with E-state index in [-0.39, 0.29) is 6.61 Å². The van der Waals surface area contributed by atoms with E-state index in [9.17, 15) is 0 Å². The molecule has 0 fully saturated rings. The largest absolute Gasteiger partial charge is 0.490 e. The number of ether oxygens (including phenoxy) is 2. The lowest BCUT2D eigenvalue weighted by molar-refractivity contribution is 0.297. The zero-order valence-electron chi connectivity index (χ0n) is 13.4. The van der Waals surface area contributed by atoms with Crippen molar-refractivity contribution >= 4 is 21.6 Å². The maximum atomic E-state index is 5.67. The number of halogens is 1. The van der Waals surface area contributed by atoms with Gasteiger partial charge in [0.1, 0.15) is 6.61 Å². The summed E-state index contributed by atoms with van der Waals surface area (Å²) in [5, 5.41) is 3.40. The molecule has 23 heavy (non-hydrogen) atoms. The average Bonchev–Trinajstić information content (AvgIpc) is 2.54. The zero-order chi connectivity index (χ0) is 16.7.